The van der Waals surface area contributed by atoms with E-state index in [9.17, 15) is 0 Å². The number of hydrogen-bond acceptors (Lipinski definition) is 1. The second-order valence-electron chi connectivity index (χ2n) is 20.3. The van der Waals surface area contributed by atoms with Crippen LogP contribution in [0.5, 0.6) is 0 Å². The average molecular weight is 918 g/mol. The molecule has 72 heavy (non-hydrogen) atoms. The van der Waals surface area contributed by atoms with Gasteiger partial charge in [-0.1, -0.05) is 244 Å². The van der Waals surface area contributed by atoms with Gasteiger partial charge in [0.2, 0.25) is 0 Å². The van der Waals surface area contributed by atoms with Crippen molar-refractivity contribution in [3.63, 3.8) is 0 Å². The fraction of sp³-hybridized carbons (Fsp3) is 0.0704. The fourth-order valence-corrected chi connectivity index (χ4v) is 13.4. The standard InChI is InChI=1S/C71H51N/c1-69(2)64-36-16-18-38-66(64)71(67-39-19-17-37-65(67)69)62-35-15-12-30-57(62)59-33-21-32-56(68(59)71)50-22-20-29-55(46-50)72(53-27-10-5-11-28-53)54-43-40-48(41-44-54)49-42-45-63-60(47-49)58-31-13-14-34-61(58)70(63,51-23-6-3-7-24-51)52-25-8-4-9-26-52/h3-47H,1-2H3. The Kier molecular flexibility index (Phi) is 9.44. The average Bonchev–Trinajstić information content (AvgIpc) is 3.93. The highest BCUT2D eigenvalue weighted by molar-refractivity contribution is 5.95. The minimum atomic E-state index is -0.500. The molecule has 0 radical (unpaired) electrons. The van der Waals surface area contributed by atoms with Crippen molar-refractivity contribution in [3.05, 3.63) is 329 Å². The van der Waals surface area contributed by atoms with Crippen LogP contribution in [0.1, 0.15) is 69.5 Å². The molecule has 0 heterocycles. The Morgan fingerprint density at radius 3 is 1.31 bits per heavy atom. The van der Waals surface area contributed by atoms with Crippen LogP contribution in [-0.4, -0.2) is 0 Å². The predicted molar refractivity (Wildman–Crippen MR) is 299 cm³/mol. The summed E-state index contributed by atoms with van der Waals surface area (Å²) in [7, 11) is 0. The van der Waals surface area contributed by atoms with Crippen LogP contribution in [0.4, 0.5) is 17.1 Å². The third-order valence-electron chi connectivity index (χ3n) is 16.4. The van der Waals surface area contributed by atoms with Gasteiger partial charge >= 0.3 is 0 Å². The fourth-order valence-electron chi connectivity index (χ4n) is 13.4. The molecule has 11 aromatic carbocycles. The normalized spacial score (nSPS) is 14.6. The van der Waals surface area contributed by atoms with Crippen molar-refractivity contribution in [2.45, 2.75) is 30.1 Å². The first-order valence-electron chi connectivity index (χ1n) is 25.3. The zero-order chi connectivity index (χ0) is 48.0. The summed E-state index contributed by atoms with van der Waals surface area (Å²) < 4.78 is 0. The Bertz CT molecular complexity index is 3790. The Hall–Kier alpha value is -8.78. The second-order valence-corrected chi connectivity index (χ2v) is 20.3. The molecule has 1 nitrogen and oxygen atoms in total. The Balaban J connectivity index is 0.896. The van der Waals surface area contributed by atoms with Gasteiger partial charge in [0, 0.05) is 22.5 Å². The Morgan fingerprint density at radius 2 is 0.681 bits per heavy atom. The highest BCUT2D eigenvalue weighted by Gasteiger charge is 2.54. The lowest BCUT2D eigenvalue weighted by atomic mass is 9.55. The molecule has 0 saturated heterocycles. The third-order valence-corrected chi connectivity index (χ3v) is 16.4. The van der Waals surface area contributed by atoms with Crippen LogP contribution in [-0.2, 0) is 16.2 Å². The van der Waals surface area contributed by atoms with Gasteiger partial charge in [0.1, 0.15) is 0 Å². The first-order chi connectivity index (χ1) is 35.5. The van der Waals surface area contributed by atoms with Gasteiger partial charge < -0.3 is 4.90 Å². The number of hydrogen-bond donors (Lipinski definition) is 0. The molecule has 0 aromatic heterocycles. The van der Waals surface area contributed by atoms with E-state index in [1.54, 1.807) is 0 Å². The maximum Gasteiger partial charge on any atom is 0.0725 e. The maximum atomic E-state index is 2.42. The predicted octanol–water partition coefficient (Wildman–Crippen LogP) is 17.9. The first-order valence-corrected chi connectivity index (χ1v) is 25.3. The lowest BCUT2D eigenvalue weighted by Gasteiger charge is -2.47. The topological polar surface area (TPSA) is 3.24 Å². The molecule has 0 amide bonds. The van der Waals surface area contributed by atoms with E-state index >= 15 is 0 Å². The number of benzene rings is 11. The van der Waals surface area contributed by atoms with E-state index in [4.69, 9.17) is 0 Å². The van der Waals surface area contributed by atoms with Gasteiger partial charge in [0.05, 0.1) is 10.8 Å². The monoisotopic (exact) mass is 917 g/mol. The van der Waals surface area contributed by atoms with E-state index in [0.717, 1.165) is 17.1 Å². The van der Waals surface area contributed by atoms with Crippen molar-refractivity contribution in [2.24, 2.45) is 0 Å². The molecule has 0 unspecified atom stereocenters. The van der Waals surface area contributed by atoms with Crippen molar-refractivity contribution in [1.82, 2.24) is 0 Å². The molecule has 0 N–H and O–H groups in total. The van der Waals surface area contributed by atoms with Gasteiger partial charge in [0.15, 0.2) is 0 Å². The van der Waals surface area contributed by atoms with Crippen molar-refractivity contribution < 1.29 is 0 Å². The largest absolute Gasteiger partial charge is 0.310 e. The van der Waals surface area contributed by atoms with Crippen LogP contribution < -0.4 is 4.90 Å². The number of fused-ring (bicyclic) bond motifs is 12. The molecule has 0 saturated carbocycles. The summed E-state index contributed by atoms with van der Waals surface area (Å²) in [4.78, 5) is 2.40. The highest BCUT2D eigenvalue weighted by atomic mass is 15.1. The number of rotatable bonds is 7. The molecule has 0 atom stereocenters. The van der Waals surface area contributed by atoms with Crippen LogP contribution in [0.25, 0.3) is 44.5 Å². The molecule has 0 aliphatic heterocycles. The smallest absolute Gasteiger partial charge is 0.0725 e. The summed E-state index contributed by atoms with van der Waals surface area (Å²) >= 11 is 0. The van der Waals surface area contributed by atoms with Crippen molar-refractivity contribution in [1.29, 1.82) is 0 Å². The van der Waals surface area contributed by atoms with Gasteiger partial charge in [-0.2, -0.15) is 0 Å². The van der Waals surface area contributed by atoms with Gasteiger partial charge in [-0.25, -0.2) is 0 Å². The maximum absolute atomic E-state index is 2.42. The summed E-state index contributed by atoms with van der Waals surface area (Å²) in [6, 6.07) is 102. The number of anilines is 3. The van der Waals surface area contributed by atoms with Crippen molar-refractivity contribution in [2.75, 3.05) is 4.90 Å². The van der Waals surface area contributed by atoms with E-state index < -0.39 is 10.8 Å². The zero-order valence-electron chi connectivity index (χ0n) is 40.4. The minimum Gasteiger partial charge on any atom is -0.310 e. The molecular formula is C71H51N. The second kappa shape index (κ2) is 16.1. The molecule has 14 rings (SSSR count). The quantitative estimate of drug-likeness (QED) is 0.154. The van der Waals surface area contributed by atoms with E-state index in [1.165, 1.54) is 100 Å². The van der Waals surface area contributed by atoms with Crippen molar-refractivity contribution in [3.8, 4) is 44.5 Å². The number of para-hydroxylation sites is 1. The zero-order valence-corrected chi connectivity index (χ0v) is 40.4. The van der Waals surface area contributed by atoms with Crippen LogP contribution in [0.2, 0.25) is 0 Å². The molecule has 0 fully saturated rings. The van der Waals surface area contributed by atoms with Gasteiger partial charge in [-0.15, -0.1) is 0 Å². The molecule has 1 spiro atoms. The van der Waals surface area contributed by atoms with E-state index in [0.29, 0.717) is 0 Å². The Labute approximate surface area is 423 Å². The van der Waals surface area contributed by atoms with Crippen LogP contribution in [0.3, 0.4) is 0 Å². The molecule has 3 aliphatic carbocycles. The molecule has 340 valence electrons. The van der Waals surface area contributed by atoms with Gasteiger partial charge in [-0.3, -0.25) is 0 Å². The minimum absolute atomic E-state index is 0.167. The molecular weight excluding hydrogens is 867 g/mol. The van der Waals surface area contributed by atoms with E-state index in [-0.39, 0.29) is 5.41 Å². The lowest BCUT2D eigenvalue weighted by molar-refractivity contribution is 0.563. The number of nitrogens with zero attached hydrogens (tertiary/aromatic N) is 1. The summed E-state index contributed by atoms with van der Waals surface area (Å²) in [5.74, 6) is 0. The lowest BCUT2D eigenvalue weighted by Crippen LogP contribution is -2.40. The van der Waals surface area contributed by atoms with Gasteiger partial charge in [-0.05, 0) is 143 Å². The third kappa shape index (κ3) is 5.89. The van der Waals surface area contributed by atoms with Crippen LogP contribution in [0, 0.1) is 0 Å². The van der Waals surface area contributed by atoms with Gasteiger partial charge in [0.25, 0.3) is 0 Å². The summed E-state index contributed by atoms with van der Waals surface area (Å²) in [5, 5.41) is 0. The Morgan fingerprint density at radius 1 is 0.250 bits per heavy atom. The highest BCUT2D eigenvalue weighted by Crippen LogP contribution is 2.64. The molecule has 1 heteroatoms. The summed E-state index contributed by atoms with van der Waals surface area (Å²) in [5.41, 5.74) is 25.6. The molecule has 11 aromatic rings. The first kappa shape index (κ1) is 42.1. The van der Waals surface area contributed by atoms with Crippen molar-refractivity contribution >= 4 is 17.1 Å². The summed E-state index contributed by atoms with van der Waals surface area (Å²) in [6.45, 7) is 4.79. The SMILES string of the molecule is CC1(C)c2ccccc2C2(c3ccccc3-c3cccc(-c4cccc(N(c5ccccc5)c5ccc(-c6ccc7c(c6)-c6ccccc6C7(c6ccccc6)c6ccccc6)cc5)c4)c32)c2ccccc21. The molecule has 3 aliphatic rings. The van der Waals surface area contributed by atoms with Crippen LogP contribution in [0.15, 0.2) is 273 Å². The van der Waals surface area contributed by atoms with E-state index in [2.05, 4.69) is 292 Å². The molecule has 0 bridgehead atoms. The van der Waals surface area contributed by atoms with E-state index in [1.807, 2.05) is 0 Å². The van der Waals surface area contributed by atoms with Crippen LogP contribution >= 0.6 is 0 Å². The summed E-state index contributed by atoms with van der Waals surface area (Å²) in [6.07, 6.45) is 0.